The molecule has 1 aliphatic rings. The maximum absolute atomic E-state index is 12.6. The lowest BCUT2D eigenvalue weighted by molar-refractivity contribution is -0.119. The van der Waals surface area contributed by atoms with E-state index in [0.29, 0.717) is 17.2 Å². The number of fused-ring (bicyclic) bond motifs is 1. The van der Waals surface area contributed by atoms with Gasteiger partial charge < -0.3 is 14.8 Å². The molecule has 1 saturated heterocycles. The zero-order chi connectivity index (χ0) is 21.1. The van der Waals surface area contributed by atoms with Crippen molar-refractivity contribution in [1.82, 2.24) is 14.5 Å². The van der Waals surface area contributed by atoms with Crippen LogP contribution in [-0.2, 0) is 11.3 Å². The fraction of sp³-hybridized carbons (Fsp3) is 0.304. The molecule has 0 unspecified atom stereocenters. The summed E-state index contributed by atoms with van der Waals surface area (Å²) < 4.78 is 2.22. The predicted molar refractivity (Wildman–Crippen MR) is 114 cm³/mol. The van der Waals surface area contributed by atoms with Crippen LogP contribution in [0.4, 0.5) is 5.69 Å². The summed E-state index contributed by atoms with van der Waals surface area (Å²) in [5.74, 6) is 0.0404. The number of pyridine rings is 1. The number of benzene rings is 1. The molecule has 152 valence electrons. The monoisotopic (exact) mass is 401 g/mol. The molecular formula is C23H23N5O2. The van der Waals surface area contributed by atoms with E-state index in [2.05, 4.69) is 28.0 Å². The summed E-state index contributed by atoms with van der Waals surface area (Å²) in [6, 6.07) is 11.0. The number of nitrogens with one attached hydrogen (secondary N) is 1. The van der Waals surface area contributed by atoms with Crippen LogP contribution in [0.2, 0.25) is 0 Å². The molecule has 0 bridgehead atoms. The fourth-order valence-corrected chi connectivity index (χ4v) is 4.12. The minimum Gasteiger partial charge on any atom is -0.347 e. The van der Waals surface area contributed by atoms with Gasteiger partial charge in [0.15, 0.2) is 0 Å². The molecule has 0 atom stereocenters. The molecule has 1 aromatic carbocycles. The summed E-state index contributed by atoms with van der Waals surface area (Å²) in [6.45, 7) is 4.51. The minimum atomic E-state index is -0.345. The van der Waals surface area contributed by atoms with Crippen molar-refractivity contribution in [2.24, 2.45) is 0 Å². The van der Waals surface area contributed by atoms with Crippen molar-refractivity contribution in [3.8, 4) is 6.07 Å². The minimum absolute atomic E-state index is 0.210. The van der Waals surface area contributed by atoms with Gasteiger partial charge in [-0.1, -0.05) is 0 Å². The summed E-state index contributed by atoms with van der Waals surface area (Å²) in [4.78, 5) is 29.5. The van der Waals surface area contributed by atoms with Crippen LogP contribution in [0.1, 0.15) is 47.3 Å². The number of carbonyl (C=O) groups is 2. The summed E-state index contributed by atoms with van der Waals surface area (Å²) in [7, 11) is 0. The molecule has 3 aromatic rings. The summed E-state index contributed by atoms with van der Waals surface area (Å²) in [6.07, 6.45) is 6.46. The first-order valence-electron chi connectivity index (χ1n) is 10.1. The van der Waals surface area contributed by atoms with E-state index in [9.17, 15) is 9.59 Å². The number of amides is 2. The molecule has 1 fully saturated rings. The highest BCUT2D eigenvalue weighted by Gasteiger charge is 2.23. The van der Waals surface area contributed by atoms with Gasteiger partial charge in [0.05, 0.1) is 11.6 Å². The van der Waals surface area contributed by atoms with Crippen LogP contribution < -0.4 is 5.32 Å². The van der Waals surface area contributed by atoms with Gasteiger partial charge in [-0.2, -0.15) is 5.26 Å². The van der Waals surface area contributed by atoms with Crippen LogP contribution in [0.5, 0.6) is 0 Å². The number of anilines is 1. The zero-order valence-corrected chi connectivity index (χ0v) is 16.8. The van der Waals surface area contributed by atoms with E-state index in [0.717, 1.165) is 49.8 Å². The Bertz CT molecular complexity index is 1140. The highest BCUT2D eigenvalue weighted by atomic mass is 16.2. The van der Waals surface area contributed by atoms with Crippen LogP contribution in [0, 0.1) is 11.3 Å². The first-order valence-corrected chi connectivity index (χ1v) is 10.1. The Morgan fingerprint density at radius 2 is 2.10 bits per heavy atom. The van der Waals surface area contributed by atoms with Crippen molar-refractivity contribution >= 4 is 28.9 Å². The van der Waals surface area contributed by atoms with Gasteiger partial charge >= 0.3 is 0 Å². The smallest absolute Gasteiger partial charge is 0.274 e. The molecule has 7 heteroatoms. The first-order chi connectivity index (χ1) is 14.6. The van der Waals surface area contributed by atoms with Gasteiger partial charge in [0, 0.05) is 48.6 Å². The standard InChI is InChI=1S/C23H23N5O2/c1-2-28-14-20(17-6-9-27(15-29)10-7-17)19-12-18(3-4-22(19)28)26-23(30)21-11-16(13-24)5-8-25-21/h3-5,8,11-12,14-15,17H,2,6-7,9-10H2,1H3,(H,26,30). The maximum atomic E-state index is 12.6. The van der Waals surface area contributed by atoms with Crippen molar-refractivity contribution in [3.05, 3.63) is 59.5 Å². The number of aromatic nitrogens is 2. The van der Waals surface area contributed by atoms with E-state index in [4.69, 9.17) is 5.26 Å². The third-order valence-electron chi connectivity index (χ3n) is 5.75. The average molecular weight is 401 g/mol. The lowest BCUT2D eigenvalue weighted by Gasteiger charge is -2.29. The Hall–Kier alpha value is -3.66. The number of nitrogens with zero attached hydrogens (tertiary/aromatic N) is 4. The fourth-order valence-electron chi connectivity index (χ4n) is 4.12. The normalized spacial score (nSPS) is 14.5. The second kappa shape index (κ2) is 8.37. The number of hydrogen-bond acceptors (Lipinski definition) is 4. The quantitative estimate of drug-likeness (QED) is 0.662. The van der Waals surface area contributed by atoms with Gasteiger partial charge in [-0.15, -0.1) is 0 Å². The van der Waals surface area contributed by atoms with Gasteiger partial charge in [0.25, 0.3) is 5.91 Å². The SMILES string of the molecule is CCn1cc(C2CCN(C=O)CC2)c2cc(NC(=O)c3cc(C#N)ccn3)ccc21. The molecule has 7 nitrogen and oxygen atoms in total. The van der Waals surface area contributed by atoms with Crippen LogP contribution in [0.15, 0.2) is 42.7 Å². The Kier molecular flexibility index (Phi) is 5.48. The molecular weight excluding hydrogens is 378 g/mol. The first kappa shape index (κ1) is 19.6. The van der Waals surface area contributed by atoms with Crippen LogP contribution in [0.25, 0.3) is 10.9 Å². The zero-order valence-electron chi connectivity index (χ0n) is 16.8. The topological polar surface area (TPSA) is 91.0 Å². The van der Waals surface area contributed by atoms with Crippen molar-refractivity contribution in [3.63, 3.8) is 0 Å². The second-order valence-electron chi connectivity index (χ2n) is 7.51. The molecule has 0 saturated carbocycles. The number of hydrogen-bond donors (Lipinski definition) is 1. The van der Waals surface area contributed by atoms with E-state index in [-0.39, 0.29) is 11.6 Å². The van der Waals surface area contributed by atoms with E-state index in [1.165, 1.54) is 17.8 Å². The second-order valence-corrected chi connectivity index (χ2v) is 7.51. The molecule has 1 N–H and O–H groups in total. The van der Waals surface area contributed by atoms with Crippen molar-refractivity contribution < 1.29 is 9.59 Å². The number of carbonyl (C=O) groups excluding carboxylic acids is 2. The maximum Gasteiger partial charge on any atom is 0.274 e. The molecule has 30 heavy (non-hydrogen) atoms. The van der Waals surface area contributed by atoms with Gasteiger partial charge in [-0.3, -0.25) is 14.6 Å². The third kappa shape index (κ3) is 3.77. The summed E-state index contributed by atoms with van der Waals surface area (Å²) in [5, 5.41) is 13.1. The highest BCUT2D eigenvalue weighted by molar-refractivity contribution is 6.04. The van der Waals surface area contributed by atoms with Crippen LogP contribution >= 0.6 is 0 Å². The van der Waals surface area contributed by atoms with Gasteiger partial charge in [0.2, 0.25) is 6.41 Å². The van der Waals surface area contributed by atoms with E-state index in [1.54, 1.807) is 6.07 Å². The molecule has 4 rings (SSSR count). The molecule has 0 radical (unpaired) electrons. The molecule has 2 aromatic heterocycles. The Morgan fingerprint density at radius 1 is 1.30 bits per heavy atom. The Morgan fingerprint density at radius 3 is 2.80 bits per heavy atom. The molecule has 2 amide bonds. The average Bonchev–Trinajstić information content (AvgIpc) is 3.17. The third-order valence-corrected chi connectivity index (χ3v) is 5.75. The molecule has 3 heterocycles. The van der Waals surface area contributed by atoms with Gasteiger partial charge in [-0.25, -0.2) is 0 Å². The van der Waals surface area contributed by atoms with Crippen molar-refractivity contribution in [2.45, 2.75) is 32.2 Å². The molecule has 0 spiro atoms. The molecule has 1 aliphatic heterocycles. The van der Waals surface area contributed by atoms with Crippen molar-refractivity contribution in [2.75, 3.05) is 18.4 Å². The highest BCUT2D eigenvalue weighted by Crippen LogP contribution is 2.35. The predicted octanol–water partition coefficient (Wildman–Crippen LogP) is 3.52. The lowest BCUT2D eigenvalue weighted by atomic mass is 9.89. The number of nitriles is 1. The van der Waals surface area contributed by atoms with E-state index >= 15 is 0 Å². The van der Waals surface area contributed by atoms with Crippen molar-refractivity contribution in [1.29, 1.82) is 5.26 Å². The number of likely N-dealkylation sites (tertiary alicyclic amines) is 1. The molecule has 0 aliphatic carbocycles. The van der Waals surface area contributed by atoms with E-state index < -0.39 is 0 Å². The van der Waals surface area contributed by atoms with Crippen LogP contribution in [0.3, 0.4) is 0 Å². The van der Waals surface area contributed by atoms with E-state index in [1.807, 2.05) is 29.2 Å². The Balaban J connectivity index is 1.63. The van der Waals surface area contributed by atoms with Gasteiger partial charge in [0.1, 0.15) is 5.69 Å². The number of aryl methyl sites for hydroxylation is 1. The summed E-state index contributed by atoms with van der Waals surface area (Å²) in [5.41, 5.74) is 3.69. The number of rotatable bonds is 5. The Labute approximate surface area is 174 Å². The number of piperidine rings is 1. The summed E-state index contributed by atoms with van der Waals surface area (Å²) >= 11 is 0. The van der Waals surface area contributed by atoms with Gasteiger partial charge in [-0.05, 0) is 61.6 Å². The largest absolute Gasteiger partial charge is 0.347 e. The lowest BCUT2D eigenvalue weighted by Crippen LogP contribution is -2.31. The van der Waals surface area contributed by atoms with Crippen LogP contribution in [-0.4, -0.2) is 39.9 Å².